The van der Waals surface area contributed by atoms with E-state index in [9.17, 15) is 10.4 Å². The van der Waals surface area contributed by atoms with E-state index in [-0.39, 0.29) is 11.8 Å². The summed E-state index contributed by atoms with van der Waals surface area (Å²) >= 11 is 0. The zero-order valence-corrected chi connectivity index (χ0v) is 16.4. The molecular formula is C25H24N2O2. The van der Waals surface area contributed by atoms with Gasteiger partial charge in [0.15, 0.2) is 11.5 Å². The van der Waals surface area contributed by atoms with Gasteiger partial charge in [0, 0.05) is 5.69 Å². The van der Waals surface area contributed by atoms with Gasteiger partial charge in [-0.1, -0.05) is 30.4 Å². The van der Waals surface area contributed by atoms with Crippen molar-refractivity contribution < 1.29 is 9.84 Å². The quantitative estimate of drug-likeness (QED) is 0.738. The second kappa shape index (κ2) is 7.00. The molecule has 5 rings (SSSR count). The van der Waals surface area contributed by atoms with Crippen molar-refractivity contribution in [1.82, 2.24) is 0 Å². The summed E-state index contributed by atoms with van der Waals surface area (Å²) in [6.45, 7) is 0. The van der Waals surface area contributed by atoms with Crippen molar-refractivity contribution in [3.05, 3.63) is 77.4 Å². The van der Waals surface area contributed by atoms with Gasteiger partial charge in [0.2, 0.25) is 0 Å². The number of anilines is 1. The Kier molecular flexibility index (Phi) is 4.32. The van der Waals surface area contributed by atoms with Gasteiger partial charge in [0.25, 0.3) is 0 Å². The van der Waals surface area contributed by atoms with E-state index in [4.69, 9.17) is 4.74 Å². The molecule has 5 atom stereocenters. The fraction of sp³-hybridized carbons (Fsp3) is 0.320. The number of nitriles is 1. The number of methoxy groups -OCH3 is 1. The first-order valence-electron chi connectivity index (χ1n) is 10.2. The number of nitrogens with zero attached hydrogens (tertiary/aromatic N) is 1. The van der Waals surface area contributed by atoms with E-state index in [1.807, 2.05) is 24.3 Å². The molecule has 0 radical (unpaired) electrons. The minimum absolute atomic E-state index is 0.134. The second-order valence-corrected chi connectivity index (χ2v) is 8.25. The molecule has 4 nitrogen and oxygen atoms in total. The van der Waals surface area contributed by atoms with Crippen LogP contribution in [0, 0.1) is 29.1 Å². The van der Waals surface area contributed by atoms with Gasteiger partial charge in [0.05, 0.1) is 24.8 Å². The summed E-state index contributed by atoms with van der Waals surface area (Å²) in [5, 5.41) is 23.2. The molecule has 0 amide bonds. The van der Waals surface area contributed by atoms with Crippen LogP contribution in [0.2, 0.25) is 0 Å². The molecule has 2 N–H and O–H groups in total. The summed E-state index contributed by atoms with van der Waals surface area (Å²) in [7, 11) is 1.58. The molecule has 1 aliphatic heterocycles. The smallest absolute Gasteiger partial charge is 0.160 e. The number of ether oxygens (including phenoxy) is 1. The summed E-state index contributed by atoms with van der Waals surface area (Å²) in [6, 6.07) is 14.1. The van der Waals surface area contributed by atoms with Crippen LogP contribution in [0.4, 0.5) is 5.69 Å². The van der Waals surface area contributed by atoms with Crippen LogP contribution in [-0.2, 0) is 0 Å². The average molecular weight is 384 g/mol. The van der Waals surface area contributed by atoms with E-state index < -0.39 is 0 Å². The average Bonchev–Trinajstić information content (AvgIpc) is 2.78. The van der Waals surface area contributed by atoms with Crippen LogP contribution < -0.4 is 10.1 Å². The standard InChI is InChI=1S/C25H24N2O2/c1-29-23-13-17(8-11-22(23)28)25-19-9-7-16-4-2-3-5-18(16)24(19)20-12-15(14-26)6-10-21(20)27-25/h2-6,8,10-13,16,18-19,24-25,27-28H,7,9H2,1H3/t16?,18?,19-,24+,25?/m1/s1. The van der Waals surface area contributed by atoms with Gasteiger partial charge in [-0.25, -0.2) is 0 Å². The number of phenols is 1. The lowest BCUT2D eigenvalue weighted by atomic mass is 9.59. The SMILES string of the molecule is COc1cc(C2Nc3ccc(C#N)cc3[C@H]3C4C=CC=CC4CC[C@@H]23)ccc1O. The van der Waals surface area contributed by atoms with Crippen molar-refractivity contribution in [2.75, 3.05) is 12.4 Å². The molecule has 1 heterocycles. The van der Waals surface area contributed by atoms with Gasteiger partial charge in [0.1, 0.15) is 0 Å². The maximum Gasteiger partial charge on any atom is 0.160 e. The minimum atomic E-state index is 0.134. The third-order valence-corrected chi connectivity index (χ3v) is 6.85. The monoisotopic (exact) mass is 384 g/mol. The Labute approximate surface area is 171 Å². The predicted octanol–water partition coefficient (Wildman–Crippen LogP) is 5.29. The van der Waals surface area contributed by atoms with Crippen LogP contribution >= 0.6 is 0 Å². The summed E-state index contributed by atoms with van der Waals surface area (Å²) in [4.78, 5) is 0. The number of fused-ring (bicyclic) bond motifs is 5. The van der Waals surface area contributed by atoms with E-state index in [1.165, 1.54) is 5.56 Å². The highest BCUT2D eigenvalue weighted by Crippen LogP contribution is 2.56. The largest absolute Gasteiger partial charge is 0.504 e. The summed E-state index contributed by atoms with van der Waals surface area (Å²) in [5.41, 5.74) is 4.20. The van der Waals surface area contributed by atoms with Crippen LogP contribution in [0.1, 0.15) is 41.5 Å². The van der Waals surface area contributed by atoms with Gasteiger partial charge in [-0.2, -0.15) is 5.26 Å². The fourth-order valence-electron chi connectivity index (χ4n) is 5.54. The van der Waals surface area contributed by atoms with Crippen LogP contribution in [0.15, 0.2) is 60.7 Å². The number of hydrogen-bond donors (Lipinski definition) is 2. The fourth-order valence-corrected chi connectivity index (χ4v) is 5.54. The molecule has 0 spiro atoms. The van der Waals surface area contributed by atoms with Crippen LogP contribution in [0.5, 0.6) is 11.5 Å². The van der Waals surface area contributed by atoms with Gasteiger partial charge in [-0.3, -0.25) is 0 Å². The molecule has 0 saturated heterocycles. The summed E-state index contributed by atoms with van der Waals surface area (Å²) in [5.74, 6) is 2.41. The Morgan fingerprint density at radius 2 is 1.97 bits per heavy atom. The first-order chi connectivity index (χ1) is 14.2. The number of phenolic OH excluding ortho intramolecular Hbond substituents is 1. The Balaban J connectivity index is 1.63. The number of nitrogens with one attached hydrogen (secondary N) is 1. The molecule has 29 heavy (non-hydrogen) atoms. The number of hydrogen-bond acceptors (Lipinski definition) is 4. The first kappa shape index (κ1) is 17.9. The van der Waals surface area contributed by atoms with E-state index in [2.05, 4.69) is 41.8 Å². The molecule has 3 aliphatic rings. The number of rotatable bonds is 2. The van der Waals surface area contributed by atoms with Crippen molar-refractivity contribution in [3.63, 3.8) is 0 Å². The maximum absolute atomic E-state index is 10.0. The van der Waals surface area contributed by atoms with Crippen molar-refractivity contribution in [2.45, 2.75) is 24.8 Å². The predicted molar refractivity (Wildman–Crippen MR) is 113 cm³/mol. The van der Waals surface area contributed by atoms with Gasteiger partial charge >= 0.3 is 0 Å². The molecule has 2 aromatic carbocycles. The van der Waals surface area contributed by atoms with Crippen molar-refractivity contribution in [3.8, 4) is 17.6 Å². The van der Waals surface area contributed by atoms with Crippen LogP contribution in [0.3, 0.4) is 0 Å². The van der Waals surface area contributed by atoms with E-state index in [0.29, 0.717) is 35.0 Å². The normalized spacial score (nSPS) is 29.0. The molecule has 2 aromatic rings. The number of benzene rings is 2. The second-order valence-electron chi connectivity index (χ2n) is 8.25. The van der Waals surface area contributed by atoms with Gasteiger partial charge in [-0.05, 0) is 78.0 Å². The molecule has 1 fully saturated rings. The number of aromatic hydroxyl groups is 1. The number of allylic oxidation sites excluding steroid dienone is 4. The summed E-state index contributed by atoms with van der Waals surface area (Å²) in [6.07, 6.45) is 11.3. The molecule has 146 valence electrons. The molecule has 1 saturated carbocycles. The van der Waals surface area contributed by atoms with Crippen molar-refractivity contribution in [2.24, 2.45) is 17.8 Å². The third-order valence-electron chi connectivity index (χ3n) is 6.85. The molecule has 4 heteroatoms. The minimum Gasteiger partial charge on any atom is -0.504 e. The zero-order valence-electron chi connectivity index (χ0n) is 16.4. The maximum atomic E-state index is 10.0. The first-order valence-corrected chi connectivity index (χ1v) is 10.2. The molecular weight excluding hydrogens is 360 g/mol. The van der Waals surface area contributed by atoms with E-state index >= 15 is 0 Å². The topological polar surface area (TPSA) is 65.3 Å². The van der Waals surface area contributed by atoms with Crippen LogP contribution in [0.25, 0.3) is 0 Å². The molecule has 0 aromatic heterocycles. The Morgan fingerprint density at radius 3 is 2.79 bits per heavy atom. The molecule has 0 bridgehead atoms. The Morgan fingerprint density at radius 1 is 1.10 bits per heavy atom. The highest BCUT2D eigenvalue weighted by atomic mass is 16.5. The van der Waals surface area contributed by atoms with Crippen molar-refractivity contribution in [1.29, 1.82) is 5.26 Å². The molecule has 3 unspecified atom stereocenters. The lowest BCUT2D eigenvalue weighted by molar-refractivity contribution is 0.180. The molecule has 2 aliphatic carbocycles. The van der Waals surface area contributed by atoms with Crippen LogP contribution in [-0.4, -0.2) is 12.2 Å². The van der Waals surface area contributed by atoms with Gasteiger partial charge < -0.3 is 15.2 Å². The lowest BCUT2D eigenvalue weighted by Gasteiger charge is -2.49. The Bertz CT molecular complexity index is 1050. The van der Waals surface area contributed by atoms with Gasteiger partial charge in [-0.15, -0.1) is 0 Å². The van der Waals surface area contributed by atoms with E-state index in [0.717, 1.165) is 24.1 Å². The third kappa shape index (κ3) is 2.89. The highest BCUT2D eigenvalue weighted by Gasteiger charge is 2.46. The zero-order chi connectivity index (χ0) is 20.0. The van der Waals surface area contributed by atoms with E-state index in [1.54, 1.807) is 13.2 Å². The Hall–Kier alpha value is -3.19. The highest BCUT2D eigenvalue weighted by molar-refractivity contribution is 5.61. The summed E-state index contributed by atoms with van der Waals surface area (Å²) < 4.78 is 5.36. The van der Waals surface area contributed by atoms with Crippen molar-refractivity contribution >= 4 is 5.69 Å². The lowest BCUT2D eigenvalue weighted by Crippen LogP contribution is -2.40.